The molecular formula is C18H18FNO. The number of aryl methyl sites for hydroxylation is 1. The lowest BCUT2D eigenvalue weighted by Gasteiger charge is -2.36. The first kappa shape index (κ1) is 12.8. The van der Waals surface area contributed by atoms with Gasteiger partial charge in [0.25, 0.3) is 0 Å². The summed E-state index contributed by atoms with van der Waals surface area (Å²) in [6, 6.07) is 13.8. The highest BCUT2D eigenvalue weighted by Gasteiger charge is 2.41. The second-order valence-electron chi connectivity index (χ2n) is 6.01. The van der Waals surface area contributed by atoms with Gasteiger partial charge in [0.2, 0.25) is 0 Å². The zero-order chi connectivity index (χ0) is 14.4. The molecule has 0 radical (unpaired) electrons. The van der Waals surface area contributed by atoms with E-state index >= 15 is 0 Å². The summed E-state index contributed by atoms with van der Waals surface area (Å²) in [6.07, 6.45) is 1.01. The van der Waals surface area contributed by atoms with Crippen molar-refractivity contribution in [2.24, 2.45) is 5.92 Å². The second-order valence-corrected chi connectivity index (χ2v) is 6.01. The van der Waals surface area contributed by atoms with Crippen LogP contribution in [0.4, 0.5) is 10.1 Å². The summed E-state index contributed by atoms with van der Waals surface area (Å²) >= 11 is 0. The maximum absolute atomic E-state index is 13.5. The molecule has 2 aromatic carbocycles. The van der Waals surface area contributed by atoms with Crippen LogP contribution in [-0.4, -0.2) is 6.61 Å². The summed E-state index contributed by atoms with van der Waals surface area (Å²) in [5.74, 6) is 0.167. The van der Waals surface area contributed by atoms with Crippen LogP contribution >= 0.6 is 0 Å². The summed E-state index contributed by atoms with van der Waals surface area (Å²) in [5.41, 5.74) is 4.49. The van der Waals surface area contributed by atoms with E-state index in [9.17, 15) is 4.39 Å². The Bertz CT molecular complexity index is 685. The average molecular weight is 283 g/mol. The second kappa shape index (κ2) is 4.85. The molecular weight excluding hydrogens is 265 g/mol. The van der Waals surface area contributed by atoms with Gasteiger partial charge in [0.1, 0.15) is 5.82 Å². The van der Waals surface area contributed by atoms with Crippen LogP contribution in [0.2, 0.25) is 0 Å². The van der Waals surface area contributed by atoms with Crippen LogP contribution < -0.4 is 5.32 Å². The fourth-order valence-corrected chi connectivity index (χ4v) is 3.64. The van der Waals surface area contributed by atoms with E-state index < -0.39 is 0 Å². The molecule has 1 saturated heterocycles. The SMILES string of the molecule is Cc1cccc(C2Nc3ccc(F)cc3C3OCCC23)c1. The normalized spacial score (nSPS) is 26.9. The van der Waals surface area contributed by atoms with Crippen molar-refractivity contribution in [2.45, 2.75) is 25.5 Å². The van der Waals surface area contributed by atoms with E-state index in [-0.39, 0.29) is 18.0 Å². The van der Waals surface area contributed by atoms with Gasteiger partial charge in [0.05, 0.1) is 12.1 Å². The van der Waals surface area contributed by atoms with Crippen LogP contribution in [-0.2, 0) is 4.74 Å². The van der Waals surface area contributed by atoms with E-state index in [1.807, 2.05) is 6.07 Å². The van der Waals surface area contributed by atoms with Crippen molar-refractivity contribution in [3.63, 3.8) is 0 Å². The van der Waals surface area contributed by atoms with Crippen LogP contribution in [0.1, 0.15) is 35.3 Å². The van der Waals surface area contributed by atoms with Crippen LogP contribution in [0.25, 0.3) is 0 Å². The Morgan fingerprint density at radius 2 is 2.10 bits per heavy atom. The molecule has 2 heterocycles. The van der Waals surface area contributed by atoms with Crippen molar-refractivity contribution in [3.05, 3.63) is 65.0 Å². The monoisotopic (exact) mass is 283 g/mol. The number of fused-ring (bicyclic) bond motifs is 3. The quantitative estimate of drug-likeness (QED) is 0.838. The molecule has 0 aliphatic carbocycles. The lowest BCUT2D eigenvalue weighted by Crippen LogP contribution is -2.29. The Labute approximate surface area is 123 Å². The number of ether oxygens (including phenoxy) is 1. The molecule has 3 atom stereocenters. The molecule has 2 aromatic rings. The zero-order valence-electron chi connectivity index (χ0n) is 12.0. The molecule has 1 N–H and O–H groups in total. The first-order chi connectivity index (χ1) is 10.2. The third-order valence-corrected chi connectivity index (χ3v) is 4.60. The highest BCUT2D eigenvalue weighted by Crippen LogP contribution is 2.49. The molecule has 0 amide bonds. The number of nitrogens with one attached hydrogen (secondary N) is 1. The summed E-state index contributed by atoms with van der Waals surface area (Å²) < 4.78 is 19.5. The number of rotatable bonds is 1. The maximum atomic E-state index is 13.5. The summed E-state index contributed by atoms with van der Waals surface area (Å²) in [4.78, 5) is 0. The van der Waals surface area contributed by atoms with Crippen LogP contribution in [0, 0.1) is 18.7 Å². The van der Waals surface area contributed by atoms with Crippen molar-refractivity contribution >= 4 is 5.69 Å². The van der Waals surface area contributed by atoms with Crippen molar-refractivity contribution in [3.8, 4) is 0 Å². The van der Waals surface area contributed by atoms with E-state index in [0.717, 1.165) is 24.3 Å². The van der Waals surface area contributed by atoms with Gasteiger partial charge in [-0.2, -0.15) is 0 Å². The molecule has 0 saturated carbocycles. The molecule has 2 aliphatic rings. The molecule has 21 heavy (non-hydrogen) atoms. The molecule has 3 unspecified atom stereocenters. The van der Waals surface area contributed by atoms with Gasteiger partial charge in [0, 0.05) is 23.8 Å². The predicted octanol–water partition coefficient (Wildman–Crippen LogP) is 4.38. The smallest absolute Gasteiger partial charge is 0.123 e. The topological polar surface area (TPSA) is 21.3 Å². The molecule has 0 spiro atoms. The van der Waals surface area contributed by atoms with Gasteiger partial charge >= 0.3 is 0 Å². The minimum Gasteiger partial charge on any atom is -0.378 e. The molecule has 2 nitrogen and oxygen atoms in total. The van der Waals surface area contributed by atoms with E-state index in [1.165, 1.54) is 17.2 Å². The largest absolute Gasteiger partial charge is 0.378 e. The third kappa shape index (κ3) is 2.12. The first-order valence-electron chi connectivity index (χ1n) is 7.46. The lowest BCUT2D eigenvalue weighted by atomic mass is 9.81. The van der Waals surface area contributed by atoms with Crippen molar-refractivity contribution in [1.82, 2.24) is 0 Å². The van der Waals surface area contributed by atoms with Crippen LogP contribution in [0.15, 0.2) is 42.5 Å². The summed E-state index contributed by atoms with van der Waals surface area (Å²) in [7, 11) is 0. The van der Waals surface area contributed by atoms with E-state index in [1.54, 1.807) is 6.07 Å². The van der Waals surface area contributed by atoms with Crippen LogP contribution in [0.5, 0.6) is 0 Å². The highest BCUT2D eigenvalue weighted by atomic mass is 19.1. The Hall–Kier alpha value is -1.87. The van der Waals surface area contributed by atoms with E-state index in [4.69, 9.17) is 4.74 Å². The molecule has 1 fully saturated rings. The van der Waals surface area contributed by atoms with Crippen LogP contribution in [0.3, 0.4) is 0 Å². The molecule has 0 bridgehead atoms. The zero-order valence-corrected chi connectivity index (χ0v) is 12.0. The number of hydrogen-bond donors (Lipinski definition) is 1. The van der Waals surface area contributed by atoms with E-state index in [0.29, 0.717) is 5.92 Å². The Balaban J connectivity index is 1.79. The summed E-state index contributed by atoms with van der Waals surface area (Å²) in [5, 5.41) is 3.59. The molecule has 108 valence electrons. The van der Waals surface area contributed by atoms with Gasteiger partial charge in [0.15, 0.2) is 0 Å². The van der Waals surface area contributed by atoms with Gasteiger partial charge in [-0.05, 0) is 37.1 Å². The fourth-order valence-electron chi connectivity index (χ4n) is 3.64. The fraction of sp³-hybridized carbons (Fsp3) is 0.333. The number of anilines is 1. The van der Waals surface area contributed by atoms with E-state index in [2.05, 4.69) is 36.5 Å². The highest BCUT2D eigenvalue weighted by molar-refractivity contribution is 5.57. The maximum Gasteiger partial charge on any atom is 0.123 e. The van der Waals surface area contributed by atoms with Crippen molar-refractivity contribution in [2.75, 3.05) is 11.9 Å². The van der Waals surface area contributed by atoms with Gasteiger partial charge in [-0.15, -0.1) is 0 Å². The van der Waals surface area contributed by atoms with Gasteiger partial charge < -0.3 is 10.1 Å². The third-order valence-electron chi connectivity index (χ3n) is 4.60. The predicted molar refractivity (Wildman–Crippen MR) is 80.7 cm³/mol. The summed E-state index contributed by atoms with van der Waals surface area (Å²) in [6.45, 7) is 2.85. The Morgan fingerprint density at radius 1 is 1.19 bits per heavy atom. The number of hydrogen-bond acceptors (Lipinski definition) is 2. The standard InChI is InChI=1S/C18H18FNO/c1-11-3-2-4-12(9-11)17-14-7-8-21-18(14)15-10-13(19)5-6-16(15)20-17/h2-6,9-10,14,17-18,20H,7-8H2,1H3. The van der Waals surface area contributed by atoms with Crippen molar-refractivity contribution < 1.29 is 9.13 Å². The van der Waals surface area contributed by atoms with Gasteiger partial charge in [-0.25, -0.2) is 4.39 Å². The first-order valence-corrected chi connectivity index (χ1v) is 7.46. The van der Waals surface area contributed by atoms with Gasteiger partial charge in [-0.3, -0.25) is 0 Å². The number of benzene rings is 2. The van der Waals surface area contributed by atoms with Crippen molar-refractivity contribution in [1.29, 1.82) is 0 Å². The minimum atomic E-state index is -0.196. The number of halogens is 1. The molecule has 0 aromatic heterocycles. The average Bonchev–Trinajstić information content (AvgIpc) is 2.96. The Morgan fingerprint density at radius 3 is 2.95 bits per heavy atom. The van der Waals surface area contributed by atoms with Gasteiger partial charge in [-0.1, -0.05) is 29.8 Å². The Kier molecular flexibility index (Phi) is 2.96. The molecule has 3 heteroatoms. The minimum absolute atomic E-state index is 0.00228. The molecule has 4 rings (SSSR count). The molecule has 2 aliphatic heterocycles. The lowest BCUT2D eigenvalue weighted by molar-refractivity contribution is 0.0826.